The van der Waals surface area contributed by atoms with Crippen LogP contribution in [0.4, 0.5) is 0 Å². The standard InChI is InChI=1S/C60H38N4S2/c1-33-27-45-41-23-25-43-39-19-11-13-21-51(39)65-59(43)57(41)63(49(45)29-35(33)3)55-47(31-61)53(37-15-7-5-8-16-37)48(32-62)56(54(55)38-17-9-6-10-18-38)64-50-30-36(4)34(2)28-46(50)42-24-26-44-40-20-12-14-22-52(40)66-60(44)58(42)64/h5-30H,1-4H3. The Balaban J connectivity index is 1.36. The van der Waals surface area contributed by atoms with Crippen LogP contribution in [-0.2, 0) is 0 Å². The highest BCUT2D eigenvalue weighted by Gasteiger charge is 2.33. The number of nitrogens with zero attached hydrogens (tertiary/aromatic N) is 4. The number of aryl methyl sites for hydroxylation is 4. The van der Waals surface area contributed by atoms with Gasteiger partial charge in [0, 0.05) is 63.6 Å². The van der Waals surface area contributed by atoms with Gasteiger partial charge in [0.25, 0.3) is 0 Å². The normalized spacial score (nSPS) is 11.9. The van der Waals surface area contributed by atoms with Gasteiger partial charge in [-0.05, 0) is 97.5 Å². The lowest BCUT2D eigenvalue weighted by molar-refractivity contribution is 1.12. The van der Waals surface area contributed by atoms with Crippen molar-refractivity contribution in [1.82, 2.24) is 9.13 Å². The first-order chi connectivity index (χ1) is 32.3. The summed E-state index contributed by atoms with van der Waals surface area (Å²) < 4.78 is 9.52. The van der Waals surface area contributed by atoms with Crippen molar-refractivity contribution in [2.24, 2.45) is 0 Å². The molecule has 9 aromatic carbocycles. The predicted molar refractivity (Wildman–Crippen MR) is 280 cm³/mol. The largest absolute Gasteiger partial charge is 0.306 e. The summed E-state index contributed by atoms with van der Waals surface area (Å²) in [5.41, 5.74) is 14.5. The van der Waals surface area contributed by atoms with Crippen molar-refractivity contribution in [3.05, 3.63) is 191 Å². The Morgan fingerprint density at radius 3 is 1.20 bits per heavy atom. The van der Waals surface area contributed by atoms with E-state index in [2.05, 4.69) is 170 Å². The van der Waals surface area contributed by atoms with E-state index in [0.717, 1.165) is 92.2 Å². The van der Waals surface area contributed by atoms with Crippen LogP contribution in [-0.4, -0.2) is 9.13 Å². The molecule has 66 heavy (non-hydrogen) atoms. The molecule has 4 aromatic heterocycles. The molecule has 4 heterocycles. The van der Waals surface area contributed by atoms with Crippen molar-refractivity contribution in [3.8, 4) is 45.8 Å². The molecule has 0 aliphatic carbocycles. The Kier molecular flexibility index (Phi) is 8.30. The van der Waals surface area contributed by atoms with Gasteiger partial charge in [0.15, 0.2) is 0 Å². The number of fused-ring (bicyclic) bond motifs is 14. The van der Waals surface area contributed by atoms with Crippen molar-refractivity contribution in [3.63, 3.8) is 0 Å². The van der Waals surface area contributed by atoms with Crippen molar-refractivity contribution in [1.29, 1.82) is 10.5 Å². The topological polar surface area (TPSA) is 57.4 Å². The minimum absolute atomic E-state index is 0.454. The molecule has 310 valence electrons. The molecule has 13 rings (SSSR count). The van der Waals surface area contributed by atoms with Crippen LogP contribution >= 0.6 is 22.7 Å². The van der Waals surface area contributed by atoms with Crippen molar-refractivity contribution >= 4 is 107 Å². The van der Waals surface area contributed by atoms with Crippen LogP contribution in [0.3, 0.4) is 0 Å². The molecule has 0 N–H and O–H groups in total. The second-order valence-corrected chi connectivity index (χ2v) is 19.7. The minimum atomic E-state index is 0.454. The van der Waals surface area contributed by atoms with Gasteiger partial charge in [-0.15, -0.1) is 22.7 Å². The van der Waals surface area contributed by atoms with Gasteiger partial charge in [0.2, 0.25) is 0 Å². The van der Waals surface area contributed by atoms with E-state index in [4.69, 9.17) is 0 Å². The smallest absolute Gasteiger partial charge is 0.102 e. The lowest BCUT2D eigenvalue weighted by Gasteiger charge is -2.26. The maximum atomic E-state index is 12.0. The number of aromatic nitrogens is 2. The highest BCUT2D eigenvalue weighted by Crippen LogP contribution is 2.52. The molecule has 0 saturated carbocycles. The summed E-state index contributed by atoms with van der Waals surface area (Å²) in [6, 6.07) is 61.8. The Bertz CT molecular complexity index is 4100. The summed E-state index contributed by atoms with van der Waals surface area (Å²) in [6.07, 6.45) is 0. The predicted octanol–water partition coefficient (Wildman–Crippen LogP) is 16.9. The highest BCUT2D eigenvalue weighted by atomic mass is 32.1. The van der Waals surface area contributed by atoms with Crippen molar-refractivity contribution < 1.29 is 0 Å². The van der Waals surface area contributed by atoms with Crippen LogP contribution in [0.25, 0.3) is 118 Å². The maximum absolute atomic E-state index is 12.0. The van der Waals surface area contributed by atoms with E-state index in [1.807, 2.05) is 36.4 Å². The number of benzene rings is 9. The molecule has 0 radical (unpaired) electrons. The molecule has 0 spiro atoms. The third-order valence-corrected chi connectivity index (χ3v) is 16.4. The van der Waals surface area contributed by atoms with Gasteiger partial charge in [0.1, 0.15) is 12.1 Å². The summed E-state index contributed by atoms with van der Waals surface area (Å²) in [4.78, 5) is 0. The second kappa shape index (κ2) is 14.2. The lowest BCUT2D eigenvalue weighted by Crippen LogP contribution is -2.11. The summed E-state index contributed by atoms with van der Waals surface area (Å²) >= 11 is 3.60. The molecule has 0 saturated heterocycles. The maximum Gasteiger partial charge on any atom is 0.102 e. The molecule has 13 aromatic rings. The highest BCUT2D eigenvalue weighted by molar-refractivity contribution is 7.27. The fraction of sp³-hybridized carbons (Fsp3) is 0.0667. The van der Waals surface area contributed by atoms with Gasteiger partial charge in [-0.3, -0.25) is 0 Å². The zero-order valence-electron chi connectivity index (χ0n) is 36.6. The molecule has 4 nitrogen and oxygen atoms in total. The minimum Gasteiger partial charge on any atom is -0.306 e. The lowest BCUT2D eigenvalue weighted by atomic mass is 9.86. The van der Waals surface area contributed by atoms with Crippen molar-refractivity contribution in [2.75, 3.05) is 0 Å². The summed E-state index contributed by atoms with van der Waals surface area (Å²) in [6.45, 7) is 8.71. The SMILES string of the molecule is Cc1cc2c3ccc4c5ccccc5sc4c3n(-c3c(C#N)c(-c4ccccc4)c(C#N)c(-n4c5cc(C)c(C)cc5c5ccc6c7ccccc7sc6c54)c3-c3ccccc3)c2cc1C. The van der Waals surface area contributed by atoms with E-state index >= 15 is 0 Å². The van der Waals surface area contributed by atoms with Gasteiger partial charge >= 0.3 is 0 Å². The van der Waals surface area contributed by atoms with Crippen LogP contribution in [0.5, 0.6) is 0 Å². The van der Waals surface area contributed by atoms with E-state index in [1.165, 1.54) is 42.1 Å². The first kappa shape index (κ1) is 38.5. The zero-order valence-corrected chi connectivity index (χ0v) is 38.2. The molecule has 0 bridgehead atoms. The molecule has 0 fully saturated rings. The van der Waals surface area contributed by atoms with Crippen LogP contribution in [0.1, 0.15) is 33.4 Å². The number of thiophene rings is 2. The fourth-order valence-corrected chi connectivity index (χ4v) is 13.2. The molecule has 6 heteroatoms. The molecule has 0 aliphatic heterocycles. The first-order valence-electron chi connectivity index (χ1n) is 22.2. The van der Waals surface area contributed by atoms with Crippen LogP contribution in [0.15, 0.2) is 158 Å². The Morgan fingerprint density at radius 2 is 0.758 bits per heavy atom. The quantitative estimate of drug-likeness (QED) is 0.177. The van der Waals surface area contributed by atoms with E-state index in [-0.39, 0.29) is 0 Å². The third-order valence-electron chi connectivity index (χ3n) is 14.0. The van der Waals surface area contributed by atoms with Gasteiger partial charge in [-0.1, -0.05) is 121 Å². The van der Waals surface area contributed by atoms with E-state index in [0.29, 0.717) is 16.7 Å². The fourth-order valence-electron chi connectivity index (χ4n) is 10.7. The van der Waals surface area contributed by atoms with Gasteiger partial charge in [-0.2, -0.15) is 10.5 Å². The molecule has 0 aliphatic rings. The first-order valence-corrected chi connectivity index (χ1v) is 23.8. The number of hydrogen-bond donors (Lipinski definition) is 0. The van der Waals surface area contributed by atoms with Crippen LogP contribution < -0.4 is 0 Å². The molecule has 0 unspecified atom stereocenters. The van der Waals surface area contributed by atoms with E-state index in [1.54, 1.807) is 22.7 Å². The summed E-state index contributed by atoms with van der Waals surface area (Å²) in [7, 11) is 0. The van der Waals surface area contributed by atoms with E-state index in [9.17, 15) is 10.5 Å². The third kappa shape index (κ3) is 5.23. The average molecular weight is 879 g/mol. The Hall–Kier alpha value is -8.00. The van der Waals surface area contributed by atoms with Gasteiger partial charge in [-0.25, -0.2) is 0 Å². The van der Waals surface area contributed by atoms with Crippen LogP contribution in [0.2, 0.25) is 0 Å². The Morgan fingerprint density at radius 1 is 0.379 bits per heavy atom. The molecule has 0 amide bonds. The molecule has 0 atom stereocenters. The second-order valence-electron chi connectivity index (χ2n) is 17.6. The number of rotatable bonds is 4. The molecular weight excluding hydrogens is 841 g/mol. The Labute approximate surface area is 388 Å². The summed E-state index contributed by atoms with van der Waals surface area (Å²) in [5.74, 6) is 0. The van der Waals surface area contributed by atoms with Crippen LogP contribution in [0, 0.1) is 50.4 Å². The van der Waals surface area contributed by atoms with E-state index < -0.39 is 0 Å². The number of nitriles is 2. The number of hydrogen-bond acceptors (Lipinski definition) is 4. The molecular formula is C60H38N4S2. The van der Waals surface area contributed by atoms with Crippen molar-refractivity contribution in [2.45, 2.75) is 27.7 Å². The zero-order chi connectivity index (χ0) is 44.5. The monoisotopic (exact) mass is 878 g/mol. The van der Waals surface area contributed by atoms with Gasteiger partial charge in [0.05, 0.1) is 54.0 Å². The summed E-state index contributed by atoms with van der Waals surface area (Å²) in [5, 5.41) is 33.3. The average Bonchev–Trinajstić information content (AvgIpc) is 4.09. The van der Waals surface area contributed by atoms with Gasteiger partial charge < -0.3 is 9.13 Å².